The number of hydrogen-bond donors (Lipinski definition) is 0. The zero-order valence-corrected chi connectivity index (χ0v) is 16.8. The monoisotopic (exact) mass is 375 g/mol. The Bertz CT molecular complexity index is 836. The Balaban J connectivity index is 1.36. The Morgan fingerprint density at radius 2 is 1.68 bits per heavy atom. The molecule has 1 aliphatic carbocycles. The average molecular weight is 376 g/mol. The van der Waals surface area contributed by atoms with Crippen LogP contribution in [0.3, 0.4) is 0 Å². The van der Waals surface area contributed by atoms with Gasteiger partial charge in [0, 0.05) is 37.3 Å². The van der Waals surface area contributed by atoms with Gasteiger partial charge in [-0.25, -0.2) is 0 Å². The fraction of sp³-hybridized carbons (Fsp3) is 0.417. The van der Waals surface area contributed by atoms with Crippen molar-refractivity contribution in [3.05, 3.63) is 65.7 Å². The van der Waals surface area contributed by atoms with Gasteiger partial charge in [0.25, 0.3) is 5.91 Å². The van der Waals surface area contributed by atoms with Crippen molar-refractivity contribution in [2.75, 3.05) is 18.6 Å². The molecule has 2 aliphatic rings. The molecule has 1 heterocycles. The third-order valence-electron chi connectivity index (χ3n) is 6.22. The maximum absolute atomic E-state index is 13.0. The lowest BCUT2D eigenvalue weighted by Crippen LogP contribution is -2.39. The van der Waals surface area contributed by atoms with E-state index >= 15 is 0 Å². The Kier molecular flexibility index (Phi) is 5.47. The minimum Gasteiger partial charge on any atom is -0.339 e. The highest BCUT2D eigenvalue weighted by Gasteiger charge is 2.27. The minimum atomic E-state index is 0.121. The van der Waals surface area contributed by atoms with E-state index in [9.17, 15) is 4.79 Å². The largest absolute Gasteiger partial charge is 0.339 e. The first-order valence-corrected chi connectivity index (χ1v) is 10.4. The molecule has 0 bridgehead atoms. The number of amides is 1. The third kappa shape index (κ3) is 3.96. The zero-order chi connectivity index (χ0) is 19.5. The van der Waals surface area contributed by atoms with E-state index in [2.05, 4.69) is 42.4 Å². The number of carbonyl (C=O) groups excluding carboxylic acids is 1. The van der Waals surface area contributed by atoms with Crippen LogP contribution in [0, 0.1) is 0 Å². The van der Waals surface area contributed by atoms with Gasteiger partial charge in [0.2, 0.25) is 0 Å². The van der Waals surface area contributed by atoms with E-state index in [0.29, 0.717) is 12.0 Å². The van der Waals surface area contributed by atoms with Gasteiger partial charge in [0.15, 0.2) is 0 Å². The Labute approximate surface area is 167 Å². The van der Waals surface area contributed by atoms with Crippen molar-refractivity contribution in [1.82, 2.24) is 4.90 Å². The van der Waals surface area contributed by atoms with Gasteiger partial charge in [0.05, 0.1) is 5.69 Å². The van der Waals surface area contributed by atoms with Crippen molar-refractivity contribution < 1.29 is 4.79 Å². The lowest BCUT2D eigenvalue weighted by atomic mass is 9.81. The molecule has 1 amide bonds. The van der Waals surface area contributed by atoms with Crippen LogP contribution >= 0.6 is 0 Å². The molecular weight excluding hydrogens is 346 g/mol. The first kappa shape index (κ1) is 18.7. The van der Waals surface area contributed by atoms with Crippen LogP contribution in [0.2, 0.25) is 0 Å². The smallest absolute Gasteiger partial charge is 0.253 e. The molecule has 0 spiro atoms. The molecule has 0 radical (unpaired) electrons. The van der Waals surface area contributed by atoms with Gasteiger partial charge in [-0.3, -0.25) is 9.80 Å². The quantitative estimate of drug-likeness (QED) is 0.748. The molecule has 28 heavy (non-hydrogen) atoms. The summed E-state index contributed by atoms with van der Waals surface area (Å²) in [4.78, 5) is 14.9. The van der Waals surface area contributed by atoms with Gasteiger partial charge in [-0.15, -0.1) is 0 Å². The fourth-order valence-electron chi connectivity index (χ4n) is 4.43. The number of carbonyl (C=O) groups is 1. The normalized spacial score (nSPS) is 22.1. The van der Waals surface area contributed by atoms with Crippen LogP contribution in [-0.2, 0) is 0 Å². The molecule has 4 rings (SSSR count). The number of rotatable bonds is 4. The Morgan fingerprint density at radius 1 is 1.00 bits per heavy atom. The highest BCUT2D eigenvalue weighted by Crippen LogP contribution is 2.34. The van der Waals surface area contributed by atoms with Crippen LogP contribution in [0.25, 0.3) is 0 Å². The first-order chi connectivity index (χ1) is 13.6. The summed E-state index contributed by atoms with van der Waals surface area (Å²) in [5.41, 5.74) is 4.41. The third-order valence-corrected chi connectivity index (χ3v) is 6.22. The highest BCUT2D eigenvalue weighted by molar-refractivity contribution is 5.94. The number of hydrogen-bond acceptors (Lipinski definition) is 3. The van der Waals surface area contributed by atoms with Crippen molar-refractivity contribution in [1.29, 1.82) is 0 Å². The van der Waals surface area contributed by atoms with Crippen molar-refractivity contribution in [3.8, 4) is 0 Å². The summed E-state index contributed by atoms with van der Waals surface area (Å²) >= 11 is 0. The lowest BCUT2D eigenvalue weighted by molar-refractivity contribution is 0.0689. The Morgan fingerprint density at radius 3 is 2.29 bits per heavy atom. The van der Waals surface area contributed by atoms with Crippen LogP contribution in [0.4, 0.5) is 5.69 Å². The van der Waals surface area contributed by atoms with Crippen LogP contribution in [0.1, 0.15) is 60.9 Å². The molecule has 0 saturated heterocycles. The van der Waals surface area contributed by atoms with Crippen molar-refractivity contribution in [3.63, 3.8) is 0 Å². The molecule has 4 heteroatoms. The highest BCUT2D eigenvalue weighted by atomic mass is 16.2. The predicted octanol–water partition coefficient (Wildman–Crippen LogP) is 5.07. The van der Waals surface area contributed by atoms with Gasteiger partial charge < -0.3 is 4.90 Å². The van der Waals surface area contributed by atoms with E-state index < -0.39 is 0 Å². The molecular formula is C24H29N3O. The molecule has 0 unspecified atom stereocenters. The molecule has 2 aromatic rings. The number of benzene rings is 2. The van der Waals surface area contributed by atoms with Crippen molar-refractivity contribution >= 4 is 17.3 Å². The Hall–Kier alpha value is -2.62. The second-order valence-electron chi connectivity index (χ2n) is 8.09. The number of nitrogens with zero attached hydrogens (tertiary/aromatic N) is 3. The van der Waals surface area contributed by atoms with Crippen LogP contribution in [0.15, 0.2) is 59.7 Å². The molecule has 0 atom stereocenters. The summed E-state index contributed by atoms with van der Waals surface area (Å²) < 4.78 is 0. The maximum atomic E-state index is 13.0. The van der Waals surface area contributed by atoms with E-state index in [1.165, 1.54) is 5.56 Å². The second kappa shape index (κ2) is 8.17. The summed E-state index contributed by atoms with van der Waals surface area (Å²) in [6, 6.07) is 19.0. The predicted molar refractivity (Wildman–Crippen MR) is 115 cm³/mol. The molecule has 1 aliphatic heterocycles. The molecule has 2 aromatic carbocycles. The van der Waals surface area contributed by atoms with Gasteiger partial charge in [-0.05, 0) is 68.4 Å². The van der Waals surface area contributed by atoms with E-state index in [4.69, 9.17) is 0 Å². The molecule has 1 fully saturated rings. The molecule has 1 saturated carbocycles. The van der Waals surface area contributed by atoms with E-state index in [0.717, 1.165) is 55.6 Å². The summed E-state index contributed by atoms with van der Waals surface area (Å²) in [5, 5.41) is 6.54. The van der Waals surface area contributed by atoms with Gasteiger partial charge in [-0.2, -0.15) is 5.10 Å². The SMILES string of the molecule is CC1=NN(c2ccc(C(=O)N(C)C3CCC(c4ccccc4)CC3)cc2)CC1. The lowest BCUT2D eigenvalue weighted by Gasteiger charge is -2.35. The molecule has 0 N–H and O–H groups in total. The zero-order valence-electron chi connectivity index (χ0n) is 16.8. The standard InChI is InChI=1S/C24H29N3O/c1-18-16-17-27(25-18)23-14-10-21(11-15-23)24(28)26(2)22-12-8-20(9-13-22)19-6-4-3-5-7-19/h3-7,10-11,14-15,20,22H,8-9,12-13,16-17H2,1-2H3. The van der Waals surface area contributed by atoms with E-state index in [-0.39, 0.29) is 5.91 Å². The van der Waals surface area contributed by atoms with E-state index in [1.54, 1.807) is 0 Å². The first-order valence-electron chi connectivity index (χ1n) is 10.4. The summed E-state index contributed by atoms with van der Waals surface area (Å²) in [6.07, 6.45) is 5.45. The summed E-state index contributed by atoms with van der Waals surface area (Å²) in [6.45, 7) is 2.98. The number of hydrazone groups is 1. The van der Waals surface area contributed by atoms with Crippen LogP contribution < -0.4 is 5.01 Å². The summed E-state index contributed by atoms with van der Waals surface area (Å²) in [7, 11) is 1.96. The maximum Gasteiger partial charge on any atom is 0.253 e. The van der Waals surface area contributed by atoms with Gasteiger partial charge in [-0.1, -0.05) is 30.3 Å². The van der Waals surface area contributed by atoms with Gasteiger partial charge >= 0.3 is 0 Å². The minimum absolute atomic E-state index is 0.121. The second-order valence-corrected chi connectivity index (χ2v) is 8.09. The number of anilines is 1. The van der Waals surface area contributed by atoms with Crippen LogP contribution in [0.5, 0.6) is 0 Å². The molecule has 146 valence electrons. The van der Waals surface area contributed by atoms with Gasteiger partial charge in [0.1, 0.15) is 0 Å². The fourth-order valence-corrected chi connectivity index (χ4v) is 4.43. The van der Waals surface area contributed by atoms with E-state index in [1.807, 2.05) is 41.2 Å². The molecule has 0 aromatic heterocycles. The summed E-state index contributed by atoms with van der Waals surface area (Å²) in [5.74, 6) is 0.750. The average Bonchev–Trinajstić information content (AvgIpc) is 3.20. The molecule has 4 nitrogen and oxygen atoms in total. The van der Waals surface area contributed by atoms with Crippen molar-refractivity contribution in [2.45, 2.75) is 51.0 Å². The van der Waals surface area contributed by atoms with Crippen LogP contribution in [-0.4, -0.2) is 36.2 Å². The van der Waals surface area contributed by atoms with Crippen molar-refractivity contribution in [2.24, 2.45) is 5.10 Å². The topological polar surface area (TPSA) is 35.9 Å².